The van der Waals surface area contributed by atoms with Crippen LogP contribution in [0.2, 0.25) is 0 Å². The van der Waals surface area contributed by atoms with E-state index >= 15 is 0 Å². The molecule has 1 aromatic rings. The summed E-state index contributed by atoms with van der Waals surface area (Å²) in [7, 11) is 0. The quantitative estimate of drug-likeness (QED) is 0.569. The van der Waals surface area contributed by atoms with Gasteiger partial charge in [-0.2, -0.15) is 5.10 Å². The summed E-state index contributed by atoms with van der Waals surface area (Å²) in [4.78, 5) is 4.09. The first-order chi connectivity index (χ1) is 4.97. The highest BCUT2D eigenvalue weighted by molar-refractivity contribution is 4.97. The van der Waals surface area contributed by atoms with Gasteiger partial charge >= 0.3 is 0 Å². The lowest BCUT2D eigenvalue weighted by Crippen LogP contribution is -2.08. The summed E-state index contributed by atoms with van der Waals surface area (Å²) in [6.45, 7) is 2.14. The van der Waals surface area contributed by atoms with Crippen LogP contribution in [0.4, 0.5) is 0 Å². The Balaban J connectivity index is 2.12. The summed E-state index contributed by atoms with van der Waals surface area (Å²) in [6.07, 6.45) is 2.74. The standard InChI is InChI=1S/C6H10N4/c1-2-7-3-5(1)6-8-4-9-10-6/h4-5,7H,1-3H2,(H,8,9,10)/t5-/m1/s1. The SMILES string of the molecule is c1n[nH]c([C@@H]2CCNC2)n1. The van der Waals surface area contributed by atoms with E-state index < -0.39 is 0 Å². The van der Waals surface area contributed by atoms with Gasteiger partial charge in [-0.3, -0.25) is 5.10 Å². The van der Waals surface area contributed by atoms with Crippen molar-refractivity contribution >= 4 is 0 Å². The number of H-pyrrole nitrogens is 1. The van der Waals surface area contributed by atoms with Crippen molar-refractivity contribution in [2.45, 2.75) is 12.3 Å². The summed E-state index contributed by atoms with van der Waals surface area (Å²) in [5.74, 6) is 1.58. The van der Waals surface area contributed by atoms with E-state index in [9.17, 15) is 0 Å². The first-order valence-electron chi connectivity index (χ1n) is 3.53. The van der Waals surface area contributed by atoms with Crippen LogP contribution in [0.3, 0.4) is 0 Å². The molecule has 2 N–H and O–H groups in total. The Hall–Kier alpha value is -0.900. The van der Waals surface area contributed by atoms with Crippen LogP contribution in [0.5, 0.6) is 0 Å². The van der Waals surface area contributed by atoms with Gasteiger partial charge in [-0.15, -0.1) is 0 Å². The molecule has 2 rings (SSSR count). The molecule has 1 aromatic heterocycles. The largest absolute Gasteiger partial charge is 0.316 e. The molecule has 0 bridgehead atoms. The smallest absolute Gasteiger partial charge is 0.137 e. The Morgan fingerprint density at radius 1 is 1.60 bits per heavy atom. The van der Waals surface area contributed by atoms with Crippen molar-refractivity contribution < 1.29 is 0 Å². The molecule has 1 saturated heterocycles. The maximum absolute atomic E-state index is 4.09. The number of hydrogen-bond donors (Lipinski definition) is 2. The molecule has 1 atom stereocenters. The molecule has 2 heterocycles. The molecule has 4 nitrogen and oxygen atoms in total. The van der Waals surface area contributed by atoms with Gasteiger partial charge in [0.05, 0.1) is 0 Å². The van der Waals surface area contributed by atoms with Gasteiger partial charge in [-0.05, 0) is 13.0 Å². The average Bonchev–Trinajstić information content (AvgIpc) is 2.59. The van der Waals surface area contributed by atoms with Crippen molar-refractivity contribution in [1.29, 1.82) is 0 Å². The third kappa shape index (κ3) is 0.903. The van der Waals surface area contributed by atoms with E-state index in [0.29, 0.717) is 5.92 Å². The molecule has 0 aliphatic carbocycles. The Kier molecular flexibility index (Phi) is 1.39. The first kappa shape index (κ1) is 5.85. The van der Waals surface area contributed by atoms with E-state index in [1.807, 2.05) is 0 Å². The minimum Gasteiger partial charge on any atom is -0.316 e. The monoisotopic (exact) mass is 138 g/mol. The fourth-order valence-corrected chi connectivity index (χ4v) is 1.30. The third-order valence-corrected chi connectivity index (χ3v) is 1.88. The molecule has 0 spiro atoms. The van der Waals surface area contributed by atoms with E-state index in [0.717, 1.165) is 18.9 Å². The summed E-state index contributed by atoms with van der Waals surface area (Å²) in [5, 5.41) is 9.95. The van der Waals surface area contributed by atoms with Crippen molar-refractivity contribution in [3.05, 3.63) is 12.2 Å². The van der Waals surface area contributed by atoms with Crippen molar-refractivity contribution in [2.24, 2.45) is 0 Å². The molecule has 1 fully saturated rings. The molecule has 1 aliphatic heterocycles. The van der Waals surface area contributed by atoms with Gasteiger partial charge in [0, 0.05) is 12.5 Å². The first-order valence-corrected chi connectivity index (χ1v) is 3.53. The highest BCUT2D eigenvalue weighted by Gasteiger charge is 2.18. The van der Waals surface area contributed by atoms with Crippen LogP contribution in [0.15, 0.2) is 6.33 Å². The van der Waals surface area contributed by atoms with Crippen LogP contribution in [0, 0.1) is 0 Å². The Bertz CT molecular complexity index is 188. The van der Waals surface area contributed by atoms with Crippen molar-refractivity contribution in [3.63, 3.8) is 0 Å². The van der Waals surface area contributed by atoms with Crippen molar-refractivity contribution in [3.8, 4) is 0 Å². The van der Waals surface area contributed by atoms with Gasteiger partial charge in [0.1, 0.15) is 12.2 Å². The zero-order valence-electron chi connectivity index (χ0n) is 5.67. The van der Waals surface area contributed by atoms with E-state index in [1.165, 1.54) is 6.42 Å². The molecule has 1 aliphatic rings. The lowest BCUT2D eigenvalue weighted by atomic mass is 10.1. The Labute approximate surface area is 59.1 Å². The number of rotatable bonds is 1. The molecule has 0 amide bonds. The molecule has 0 radical (unpaired) electrons. The van der Waals surface area contributed by atoms with Crippen LogP contribution in [0.25, 0.3) is 0 Å². The lowest BCUT2D eigenvalue weighted by molar-refractivity contribution is 0.706. The highest BCUT2D eigenvalue weighted by Crippen LogP contribution is 2.16. The molecular weight excluding hydrogens is 128 g/mol. The molecular formula is C6H10N4. The second-order valence-electron chi connectivity index (χ2n) is 2.56. The van der Waals surface area contributed by atoms with Crippen LogP contribution in [-0.4, -0.2) is 28.3 Å². The molecule has 0 aromatic carbocycles. The topological polar surface area (TPSA) is 53.6 Å². The number of aromatic nitrogens is 3. The van der Waals surface area contributed by atoms with Gasteiger partial charge < -0.3 is 5.32 Å². The van der Waals surface area contributed by atoms with E-state index in [-0.39, 0.29) is 0 Å². The number of nitrogens with one attached hydrogen (secondary N) is 2. The average molecular weight is 138 g/mol. The minimum absolute atomic E-state index is 0.558. The molecule has 0 unspecified atom stereocenters. The lowest BCUT2D eigenvalue weighted by Gasteiger charge is -2.00. The van der Waals surface area contributed by atoms with Gasteiger partial charge in [0.25, 0.3) is 0 Å². The van der Waals surface area contributed by atoms with E-state index in [4.69, 9.17) is 0 Å². The Morgan fingerprint density at radius 3 is 3.20 bits per heavy atom. The summed E-state index contributed by atoms with van der Waals surface area (Å²) in [6, 6.07) is 0. The number of nitrogens with zero attached hydrogens (tertiary/aromatic N) is 2. The van der Waals surface area contributed by atoms with Gasteiger partial charge in [-0.1, -0.05) is 0 Å². The zero-order valence-corrected chi connectivity index (χ0v) is 5.67. The van der Waals surface area contributed by atoms with Crippen LogP contribution in [-0.2, 0) is 0 Å². The summed E-state index contributed by atoms with van der Waals surface area (Å²) < 4.78 is 0. The maximum Gasteiger partial charge on any atom is 0.137 e. The van der Waals surface area contributed by atoms with Crippen LogP contribution < -0.4 is 5.32 Å². The summed E-state index contributed by atoms with van der Waals surface area (Å²) in [5.41, 5.74) is 0. The Morgan fingerprint density at radius 2 is 2.60 bits per heavy atom. The predicted octanol–water partition coefficient (Wildman–Crippen LogP) is -0.118. The maximum atomic E-state index is 4.09. The van der Waals surface area contributed by atoms with Crippen LogP contribution >= 0.6 is 0 Å². The van der Waals surface area contributed by atoms with Crippen molar-refractivity contribution in [1.82, 2.24) is 20.5 Å². The van der Waals surface area contributed by atoms with Gasteiger partial charge in [0.15, 0.2) is 0 Å². The molecule has 10 heavy (non-hydrogen) atoms. The molecule has 0 saturated carbocycles. The van der Waals surface area contributed by atoms with E-state index in [1.54, 1.807) is 6.33 Å². The third-order valence-electron chi connectivity index (χ3n) is 1.88. The van der Waals surface area contributed by atoms with Crippen molar-refractivity contribution in [2.75, 3.05) is 13.1 Å². The number of hydrogen-bond acceptors (Lipinski definition) is 3. The zero-order chi connectivity index (χ0) is 6.81. The highest BCUT2D eigenvalue weighted by atomic mass is 15.2. The number of aromatic amines is 1. The fraction of sp³-hybridized carbons (Fsp3) is 0.667. The summed E-state index contributed by atoms with van der Waals surface area (Å²) >= 11 is 0. The van der Waals surface area contributed by atoms with Crippen LogP contribution in [0.1, 0.15) is 18.2 Å². The van der Waals surface area contributed by atoms with Gasteiger partial charge in [-0.25, -0.2) is 4.98 Å². The van der Waals surface area contributed by atoms with E-state index in [2.05, 4.69) is 20.5 Å². The minimum atomic E-state index is 0.558. The fourth-order valence-electron chi connectivity index (χ4n) is 1.30. The molecule has 4 heteroatoms. The normalized spacial score (nSPS) is 25.4. The second kappa shape index (κ2) is 2.38. The second-order valence-corrected chi connectivity index (χ2v) is 2.56. The molecule has 54 valence electrons. The van der Waals surface area contributed by atoms with Gasteiger partial charge in [0.2, 0.25) is 0 Å². The predicted molar refractivity (Wildman–Crippen MR) is 36.6 cm³/mol.